The summed E-state index contributed by atoms with van der Waals surface area (Å²) in [5.41, 5.74) is 0. The molecule has 0 aromatic carbocycles. The number of likely N-dealkylation sites (N-methyl/N-ethyl adjacent to an activating group) is 1. The number of quaternary nitrogens is 1. The summed E-state index contributed by atoms with van der Waals surface area (Å²) >= 11 is 0. The van der Waals surface area contributed by atoms with Gasteiger partial charge in [0.15, 0.2) is 0 Å². The van der Waals surface area contributed by atoms with Gasteiger partial charge in [-0.25, -0.2) is 0 Å². The highest BCUT2D eigenvalue weighted by atomic mass is 31.2. The highest BCUT2D eigenvalue weighted by Crippen LogP contribution is 2.38. The molecule has 0 aliphatic carbocycles. The topological polar surface area (TPSA) is 114 Å². The Kier molecular flexibility index (Phi) is 56.7. The van der Waals surface area contributed by atoms with E-state index in [1.54, 1.807) is 0 Å². The van der Waals surface area contributed by atoms with Gasteiger partial charge in [0.1, 0.15) is 19.3 Å². The summed E-state index contributed by atoms with van der Waals surface area (Å²) in [6, 6.07) is -0.893. The molecule has 79 heavy (non-hydrogen) atoms. The summed E-state index contributed by atoms with van der Waals surface area (Å²) in [6.07, 6.45) is 75.9. The van der Waals surface area contributed by atoms with Gasteiger partial charge < -0.3 is 28.5 Å². The minimum atomic E-state index is -4.70. The van der Waals surface area contributed by atoms with Crippen molar-refractivity contribution in [2.75, 3.05) is 40.9 Å². The van der Waals surface area contributed by atoms with E-state index in [1.807, 2.05) is 33.3 Å². The Balaban J connectivity index is 5.13. The van der Waals surface area contributed by atoms with Crippen LogP contribution in [0.15, 0.2) is 72.9 Å². The first kappa shape index (κ1) is 76.5. The number of phosphoric acid groups is 1. The Morgan fingerprint density at radius 1 is 0.456 bits per heavy atom. The highest BCUT2D eigenvalue weighted by molar-refractivity contribution is 7.45. The van der Waals surface area contributed by atoms with E-state index in [4.69, 9.17) is 13.8 Å². The van der Waals surface area contributed by atoms with Gasteiger partial charge in [-0.3, -0.25) is 14.2 Å². The zero-order valence-electron chi connectivity index (χ0n) is 52.6. The van der Waals surface area contributed by atoms with E-state index in [2.05, 4.69) is 86.8 Å². The summed E-state index contributed by atoms with van der Waals surface area (Å²) < 4.78 is 30.4. The second-order valence-corrected chi connectivity index (χ2v) is 25.0. The maximum Gasteiger partial charge on any atom is 0.306 e. The standard InChI is InChI=1S/C69H127N2O7P/c1-7-10-13-16-19-22-25-27-29-31-33-34-35-36-38-40-42-44-47-50-53-56-59-62-69(73)78-67(60-57-54-51-48-45-24-21-18-15-12-9-3)66(65-77-79(74,75)76-64-63-71(4,5)6)70-68(72)61-58-55-52-49-46-43-41-39-37-32-30-28-26-23-20-17-14-11-8-2/h10,13,19,22,27,29,33-34,36,38,57,60,66-67H,7-9,11-12,14-18,20-21,23-26,28,30-32,35,37,39-56,58-59,61-65H2,1-6H3,(H-,70,72,74,75)/b13-10-,22-19-,29-27-,34-33-,38-36-,60-57+. The minimum Gasteiger partial charge on any atom is -0.756 e. The van der Waals surface area contributed by atoms with E-state index < -0.39 is 26.6 Å². The Morgan fingerprint density at radius 3 is 1.22 bits per heavy atom. The Labute approximate surface area is 489 Å². The molecule has 460 valence electrons. The Hall–Kier alpha value is -2.55. The number of carbonyl (C=O) groups excluding carboxylic acids is 2. The number of carbonyl (C=O) groups is 2. The predicted molar refractivity (Wildman–Crippen MR) is 339 cm³/mol. The number of unbranched alkanes of at least 4 members (excludes halogenated alkanes) is 34. The monoisotopic (exact) mass is 1130 g/mol. The molecule has 0 aliphatic rings. The largest absolute Gasteiger partial charge is 0.756 e. The molecule has 0 saturated heterocycles. The van der Waals surface area contributed by atoms with Crippen LogP contribution in [0.1, 0.15) is 303 Å². The third-order valence-corrected chi connectivity index (χ3v) is 15.6. The average Bonchev–Trinajstić information content (AvgIpc) is 3.41. The maximum atomic E-state index is 13.6. The van der Waals surface area contributed by atoms with Gasteiger partial charge in [-0.1, -0.05) is 287 Å². The van der Waals surface area contributed by atoms with Crippen LogP contribution in [0.2, 0.25) is 0 Å². The van der Waals surface area contributed by atoms with Gasteiger partial charge in [-0.2, -0.15) is 0 Å². The van der Waals surface area contributed by atoms with Crippen molar-refractivity contribution in [2.24, 2.45) is 0 Å². The van der Waals surface area contributed by atoms with E-state index >= 15 is 0 Å². The third-order valence-electron chi connectivity index (χ3n) is 14.7. The Morgan fingerprint density at radius 2 is 0.810 bits per heavy atom. The zero-order chi connectivity index (χ0) is 57.9. The molecule has 3 atom stereocenters. The van der Waals surface area contributed by atoms with Crippen molar-refractivity contribution in [3.05, 3.63) is 72.9 Å². The van der Waals surface area contributed by atoms with Crippen LogP contribution in [0.25, 0.3) is 0 Å². The van der Waals surface area contributed by atoms with Gasteiger partial charge in [0.05, 0.1) is 33.8 Å². The number of nitrogens with one attached hydrogen (secondary N) is 1. The first-order valence-corrected chi connectivity index (χ1v) is 34.7. The van der Waals surface area contributed by atoms with Crippen LogP contribution >= 0.6 is 7.82 Å². The molecule has 0 spiro atoms. The summed E-state index contributed by atoms with van der Waals surface area (Å²) in [4.78, 5) is 40.1. The molecule has 0 rings (SSSR count). The molecule has 0 bridgehead atoms. The number of allylic oxidation sites excluding steroid dienone is 11. The lowest BCUT2D eigenvalue weighted by Crippen LogP contribution is -2.47. The average molecular weight is 1130 g/mol. The molecule has 0 radical (unpaired) electrons. The summed E-state index contributed by atoms with van der Waals surface area (Å²) in [6.45, 7) is 6.75. The van der Waals surface area contributed by atoms with Crippen LogP contribution in [-0.4, -0.2) is 69.4 Å². The molecule has 10 heteroatoms. The second-order valence-electron chi connectivity index (χ2n) is 23.6. The number of nitrogens with zero attached hydrogens (tertiary/aromatic N) is 1. The first-order valence-electron chi connectivity index (χ1n) is 33.2. The molecule has 0 fully saturated rings. The molecular formula is C69H127N2O7P. The second kappa shape index (κ2) is 58.6. The number of hydrogen-bond donors (Lipinski definition) is 1. The number of phosphoric ester groups is 1. The Bertz CT molecular complexity index is 1580. The molecule has 1 N–H and O–H groups in total. The zero-order valence-corrected chi connectivity index (χ0v) is 53.5. The lowest BCUT2D eigenvalue weighted by molar-refractivity contribution is -0.870. The van der Waals surface area contributed by atoms with Gasteiger partial charge in [0.2, 0.25) is 5.91 Å². The molecule has 0 aromatic heterocycles. The van der Waals surface area contributed by atoms with Gasteiger partial charge in [-0.05, 0) is 76.7 Å². The van der Waals surface area contributed by atoms with Crippen LogP contribution in [0.5, 0.6) is 0 Å². The lowest BCUT2D eigenvalue weighted by Gasteiger charge is -2.30. The minimum absolute atomic E-state index is 0.0249. The number of esters is 1. The fourth-order valence-corrected chi connectivity index (χ4v) is 10.3. The number of ether oxygens (including phenoxy) is 1. The van der Waals surface area contributed by atoms with Crippen LogP contribution in [0.3, 0.4) is 0 Å². The van der Waals surface area contributed by atoms with Gasteiger partial charge >= 0.3 is 5.97 Å². The smallest absolute Gasteiger partial charge is 0.306 e. The molecule has 9 nitrogen and oxygen atoms in total. The van der Waals surface area contributed by atoms with Crippen molar-refractivity contribution in [2.45, 2.75) is 315 Å². The van der Waals surface area contributed by atoms with Crippen LogP contribution in [-0.2, 0) is 27.9 Å². The molecule has 0 heterocycles. The van der Waals surface area contributed by atoms with Gasteiger partial charge in [-0.15, -0.1) is 0 Å². The van der Waals surface area contributed by atoms with Crippen LogP contribution < -0.4 is 10.2 Å². The van der Waals surface area contributed by atoms with Crippen molar-refractivity contribution in [3.8, 4) is 0 Å². The maximum absolute atomic E-state index is 13.6. The quantitative estimate of drug-likeness (QED) is 0.0212. The van der Waals surface area contributed by atoms with E-state index in [0.717, 1.165) is 103 Å². The molecular weight excluding hydrogens is 1000 g/mol. The number of hydrogen-bond acceptors (Lipinski definition) is 7. The van der Waals surface area contributed by atoms with E-state index in [1.165, 1.54) is 167 Å². The summed E-state index contributed by atoms with van der Waals surface area (Å²) in [5, 5.41) is 3.03. The molecule has 0 aliphatic heterocycles. The molecule has 0 saturated carbocycles. The van der Waals surface area contributed by atoms with Crippen molar-refractivity contribution >= 4 is 19.7 Å². The third kappa shape index (κ3) is 59.9. The van der Waals surface area contributed by atoms with E-state index in [0.29, 0.717) is 17.4 Å². The fraction of sp³-hybridized carbons (Fsp3) is 0.797. The summed E-state index contributed by atoms with van der Waals surface area (Å²) in [7, 11) is 1.18. The van der Waals surface area contributed by atoms with Crippen LogP contribution in [0, 0.1) is 0 Å². The molecule has 3 unspecified atom stereocenters. The first-order chi connectivity index (χ1) is 38.4. The normalized spacial score (nSPS) is 14.1. The van der Waals surface area contributed by atoms with Crippen molar-refractivity contribution in [3.63, 3.8) is 0 Å². The van der Waals surface area contributed by atoms with Gasteiger partial charge in [0.25, 0.3) is 7.82 Å². The SMILES string of the molecule is CC/C=C\C/C=C\C/C=C\C/C=C\C/C=C\CCCCCCCCCC(=O)OC(/C=C/CCCCCCCCCCC)C(COP(=O)([O-])OCC[N+](C)(C)C)NC(=O)CCCCCCCCCCCCCCCCCCCCC. The number of rotatable bonds is 60. The van der Waals surface area contributed by atoms with Crippen molar-refractivity contribution in [1.29, 1.82) is 0 Å². The highest BCUT2D eigenvalue weighted by Gasteiger charge is 2.27. The van der Waals surface area contributed by atoms with Gasteiger partial charge in [0, 0.05) is 12.8 Å². The van der Waals surface area contributed by atoms with E-state index in [9.17, 15) is 19.0 Å². The molecule has 0 aromatic rings. The van der Waals surface area contributed by atoms with E-state index in [-0.39, 0.29) is 24.9 Å². The summed E-state index contributed by atoms with van der Waals surface area (Å²) in [5.74, 6) is -0.546. The van der Waals surface area contributed by atoms with Crippen LogP contribution in [0.4, 0.5) is 0 Å². The number of amides is 1. The lowest BCUT2D eigenvalue weighted by atomic mass is 10.0. The van der Waals surface area contributed by atoms with Crippen molar-refractivity contribution < 1.29 is 37.3 Å². The molecule has 1 amide bonds. The predicted octanol–water partition coefficient (Wildman–Crippen LogP) is 20.2. The fourth-order valence-electron chi connectivity index (χ4n) is 9.55. The van der Waals surface area contributed by atoms with Crippen molar-refractivity contribution in [1.82, 2.24) is 5.32 Å².